The summed E-state index contributed by atoms with van der Waals surface area (Å²) >= 11 is 0. The minimum Gasteiger partial charge on any atom is -0.341 e. The monoisotopic (exact) mass is 296 g/mol. The fourth-order valence-corrected chi connectivity index (χ4v) is 2.70. The van der Waals surface area contributed by atoms with E-state index in [9.17, 15) is 4.79 Å². The Morgan fingerprint density at radius 1 is 1.35 bits per heavy atom. The zero-order valence-electron chi connectivity index (χ0n) is 12.3. The molecule has 2 rings (SSSR count). The van der Waals surface area contributed by atoms with Crippen LogP contribution in [0.15, 0.2) is 30.3 Å². The lowest BCUT2D eigenvalue weighted by Gasteiger charge is -2.26. The first-order chi connectivity index (χ1) is 9.08. The van der Waals surface area contributed by atoms with E-state index in [1.54, 1.807) is 0 Å². The Bertz CT molecular complexity index is 422. The van der Waals surface area contributed by atoms with E-state index in [-0.39, 0.29) is 30.3 Å². The number of hydrogen-bond donors (Lipinski definition) is 1. The maximum atomic E-state index is 12.6. The van der Waals surface area contributed by atoms with E-state index in [1.807, 2.05) is 23.1 Å². The highest BCUT2D eigenvalue weighted by molar-refractivity contribution is 5.85. The second-order valence-corrected chi connectivity index (χ2v) is 5.87. The van der Waals surface area contributed by atoms with Gasteiger partial charge in [0.1, 0.15) is 0 Å². The molecule has 112 valence electrons. The molecule has 1 aromatic carbocycles. The van der Waals surface area contributed by atoms with E-state index < -0.39 is 0 Å². The lowest BCUT2D eigenvalue weighted by Crippen LogP contribution is -2.39. The summed E-state index contributed by atoms with van der Waals surface area (Å²) in [5.74, 6) is 0.684. The van der Waals surface area contributed by atoms with Crippen LogP contribution in [0.4, 0.5) is 0 Å². The lowest BCUT2D eigenvalue weighted by molar-refractivity contribution is -0.135. The van der Waals surface area contributed by atoms with Gasteiger partial charge < -0.3 is 10.6 Å². The van der Waals surface area contributed by atoms with Gasteiger partial charge in [0.15, 0.2) is 0 Å². The quantitative estimate of drug-likeness (QED) is 0.928. The zero-order chi connectivity index (χ0) is 13.8. The van der Waals surface area contributed by atoms with Crippen molar-refractivity contribution in [1.82, 2.24) is 4.90 Å². The Kier molecular flexibility index (Phi) is 6.50. The first-order valence-corrected chi connectivity index (χ1v) is 7.16. The van der Waals surface area contributed by atoms with Crippen LogP contribution in [0.3, 0.4) is 0 Å². The van der Waals surface area contributed by atoms with E-state index in [0.717, 1.165) is 25.9 Å². The van der Waals surface area contributed by atoms with Crippen LogP contribution in [0, 0.1) is 11.8 Å². The molecular formula is C16H25ClN2O. The van der Waals surface area contributed by atoms with Crippen molar-refractivity contribution in [2.45, 2.75) is 32.7 Å². The van der Waals surface area contributed by atoms with Crippen LogP contribution in [0.1, 0.15) is 25.8 Å². The third-order valence-corrected chi connectivity index (χ3v) is 3.96. The number of likely N-dealkylation sites (tertiary alicyclic amines) is 1. The van der Waals surface area contributed by atoms with Crippen LogP contribution < -0.4 is 5.73 Å². The van der Waals surface area contributed by atoms with Gasteiger partial charge in [-0.2, -0.15) is 0 Å². The molecule has 0 saturated carbocycles. The SMILES string of the molecule is CC(C)C(Cc1ccccc1)C(=O)N1CC[C@@H](N)C1.Cl. The van der Waals surface area contributed by atoms with E-state index in [1.165, 1.54) is 5.56 Å². The third kappa shape index (κ3) is 4.22. The fourth-order valence-electron chi connectivity index (χ4n) is 2.70. The summed E-state index contributed by atoms with van der Waals surface area (Å²) in [5, 5.41) is 0. The van der Waals surface area contributed by atoms with E-state index in [2.05, 4.69) is 26.0 Å². The van der Waals surface area contributed by atoms with Crippen LogP contribution in [0.25, 0.3) is 0 Å². The topological polar surface area (TPSA) is 46.3 Å². The summed E-state index contributed by atoms with van der Waals surface area (Å²) in [6, 6.07) is 10.4. The summed E-state index contributed by atoms with van der Waals surface area (Å²) < 4.78 is 0. The predicted molar refractivity (Wildman–Crippen MR) is 84.9 cm³/mol. The van der Waals surface area contributed by atoms with E-state index in [4.69, 9.17) is 5.73 Å². The second kappa shape index (κ2) is 7.65. The van der Waals surface area contributed by atoms with Crippen molar-refractivity contribution in [2.75, 3.05) is 13.1 Å². The Balaban J connectivity index is 0.00000200. The molecule has 1 unspecified atom stereocenters. The van der Waals surface area contributed by atoms with Crippen LogP contribution in [-0.4, -0.2) is 29.9 Å². The molecule has 1 fully saturated rings. The fraction of sp³-hybridized carbons (Fsp3) is 0.562. The summed E-state index contributed by atoms with van der Waals surface area (Å²) in [6.07, 6.45) is 1.75. The molecule has 1 saturated heterocycles. The summed E-state index contributed by atoms with van der Waals surface area (Å²) in [6.45, 7) is 5.79. The molecule has 0 aliphatic carbocycles. The molecule has 2 N–H and O–H groups in total. The van der Waals surface area contributed by atoms with Gasteiger partial charge in [0.25, 0.3) is 0 Å². The molecule has 1 aliphatic rings. The molecule has 3 nitrogen and oxygen atoms in total. The highest BCUT2D eigenvalue weighted by Crippen LogP contribution is 2.22. The molecule has 4 heteroatoms. The normalized spacial score (nSPS) is 19.8. The minimum atomic E-state index is 0. The van der Waals surface area contributed by atoms with Gasteiger partial charge in [-0.25, -0.2) is 0 Å². The molecule has 0 radical (unpaired) electrons. The van der Waals surface area contributed by atoms with Crippen LogP contribution >= 0.6 is 12.4 Å². The Hall–Kier alpha value is -1.06. The Morgan fingerprint density at radius 3 is 2.50 bits per heavy atom. The highest BCUT2D eigenvalue weighted by Gasteiger charge is 2.31. The maximum absolute atomic E-state index is 12.6. The first kappa shape index (κ1) is 17.0. The van der Waals surface area contributed by atoms with Gasteiger partial charge in [-0.05, 0) is 24.3 Å². The first-order valence-electron chi connectivity index (χ1n) is 7.16. The van der Waals surface area contributed by atoms with Crippen molar-refractivity contribution < 1.29 is 4.79 Å². The number of carbonyl (C=O) groups is 1. The number of nitrogens with two attached hydrogens (primary N) is 1. The van der Waals surface area contributed by atoms with E-state index in [0.29, 0.717) is 5.92 Å². The number of amides is 1. The Labute approximate surface area is 127 Å². The van der Waals surface area contributed by atoms with Crippen molar-refractivity contribution in [3.63, 3.8) is 0 Å². The molecule has 1 heterocycles. The van der Waals surface area contributed by atoms with Gasteiger partial charge in [0, 0.05) is 25.0 Å². The number of halogens is 1. The summed E-state index contributed by atoms with van der Waals surface area (Å²) in [7, 11) is 0. The van der Waals surface area contributed by atoms with Crippen molar-refractivity contribution in [3.05, 3.63) is 35.9 Å². The van der Waals surface area contributed by atoms with Crippen molar-refractivity contribution in [1.29, 1.82) is 0 Å². The number of benzene rings is 1. The summed E-state index contributed by atoms with van der Waals surface area (Å²) in [5.41, 5.74) is 7.13. The van der Waals surface area contributed by atoms with Gasteiger partial charge in [-0.1, -0.05) is 44.2 Å². The van der Waals surface area contributed by atoms with Crippen molar-refractivity contribution in [3.8, 4) is 0 Å². The zero-order valence-corrected chi connectivity index (χ0v) is 13.1. The van der Waals surface area contributed by atoms with E-state index >= 15 is 0 Å². The third-order valence-electron chi connectivity index (χ3n) is 3.96. The van der Waals surface area contributed by atoms with Crippen LogP contribution in [-0.2, 0) is 11.2 Å². The summed E-state index contributed by atoms with van der Waals surface area (Å²) in [4.78, 5) is 14.5. The number of rotatable bonds is 4. The second-order valence-electron chi connectivity index (χ2n) is 5.87. The van der Waals surface area contributed by atoms with Gasteiger partial charge in [0.2, 0.25) is 5.91 Å². The maximum Gasteiger partial charge on any atom is 0.226 e. The average Bonchev–Trinajstić information content (AvgIpc) is 2.83. The Morgan fingerprint density at radius 2 is 2.00 bits per heavy atom. The van der Waals surface area contributed by atoms with Crippen LogP contribution in [0.2, 0.25) is 0 Å². The minimum absolute atomic E-state index is 0. The van der Waals surface area contributed by atoms with Gasteiger partial charge in [-0.15, -0.1) is 12.4 Å². The molecular weight excluding hydrogens is 272 g/mol. The highest BCUT2D eigenvalue weighted by atomic mass is 35.5. The molecule has 1 amide bonds. The molecule has 0 spiro atoms. The average molecular weight is 297 g/mol. The molecule has 2 atom stereocenters. The standard InChI is InChI=1S/C16H24N2O.ClH/c1-12(2)15(10-13-6-4-3-5-7-13)16(19)18-9-8-14(17)11-18;/h3-7,12,14-15H,8-11,17H2,1-2H3;1H/t14-,15?;/m1./s1. The number of nitrogens with zero attached hydrogens (tertiary/aromatic N) is 1. The molecule has 1 aromatic rings. The van der Waals surface area contributed by atoms with Crippen LogP contribution in [0.5, 0.6) is 0 Å². The van der Waals surface area contributed by atoms with Gasteiger partial charge in [0.05, 0.1) is 0 Å². The largest absolute Gasteiger partial charge is 0.341 e. The molecule has 0 aromatic heterocycles. The van der Waals surface area contributed by atoms with Gasteiger partial charge in [-0.3, -0.25) is 4.79 Å². The van der Waals surface area contributed by atoms with Gasteiger partial charge >= 0.3 is 0 Å². The van der Waals surface area contributed by atoms with Crippen molar-refractivity contribution in [2.24, 2.45) is 17.6 Å². The smallest absolute Gasteiger partial charge is 0.226 e. The van der Waals surface area contributed by atoms with Crippen molar-refractivity contribution >= 4 is 18.3 Å². The predicted octanol–water partition coefficient (Wildman–Crippen LogP) is 2.48. The lowest BCUT2D eigenvalue weighted by atomic mass is 9.88. The molecule has 20 heavy (non-hydrogen) atoms. The molecule has 1 aliphatic heterocycles. The molecule has 0 bridgehead atoms. The number of carbonyl (C=O) groups excluding carboxylic acids is 1. The number of hydrogen-bond acceptors (Lipinski definition) is 2.